The average Bonchev–Trinajstić information content (AvgIpc) is 2.64. The van der Waals surface area contributed by atoms with E-state index in [2.05, 4.69) is 4.98 Å². The van der Waals surface area contributed by atoms with E-state index in [1.54, 1.807) is 6.07 Å². The zero-order valence-corrected chi connectivity index (χ0v) is 14.9. The highest BCUT2D eigenvalue weighted by atomic mass is 35.5. The Bertz CT molecular complexity index is 1050. The Kier molecular flexibility index (Phi) is 5.26. The molecule has 1 aromatic heterocycles. The summed E-state index contributed by atoms with van der Waals surface area (Å²) >= 11 is 11.8. The van der Waals surface area contributed by atoms with Crippen molar-refractivity contribution in [3.05, 3.63) is 75.9 Å². The normalized spacial score (nSPS) is 11.1. The van der Waals surface area contributed by atoms with Gasteiger partial charge in [0.15, 0.2) is 0 Å². The minimum Gasteiger partial charge on any atom is -0.438 e. The first-order valence-electron chi connectivity index (χ1n) is 7.48. The highest BCUT2D eigenvalue weighted by Gasteiger charge is 2.30. The summed E-state index contributed by atoms with van der Waals surface area (Å²) in [5.41, 5.74) is -0.0697. The van der Waals surface area contributed by atoms with Crippen molar-refractivity contribution in [1.29, 1.82) is 5.26 Å². The third kappa shape index (κ3) is 4.33. The first kappa shape index (κ1) is 19.0. The first-order chi connectivity index (χ1) is 12.8. The Hall–Kier alpha value is -2.75. The summed E-state index contributed by atoms with van der Waals surface area (Å²) in [6.45, 7) is 0. The lowest BCUT2D eigenvalue weighted by Gasteiger charge is -2.11. The molecule has 136 valence electrons. The van der Waals surface area contributed by atoms with Crippen LogP contribution in [0.5, 0.6) is 11.6 Å². The second kappa shape index (κ2) is 7.47. The molecule has 3 nitrogen and oxygen atoms in total. The average molecular weight is 409 g/mol. The molecule has 0 fully saturated rings. The van der Waals surface area contributed by atoms with Gasteiger partial charge in [-0.2, -0.15) is 18.4 Å². The van der Waals surface area contributed by atoms with Crippen LogP contribution in [0.1, 0.15) is 11.1 Å². The maximum atomic E-state index is 12.9. The Morgan fingerprint density at radius 2 is 1.74 bits per heavy atom. The number of benzene rings is 2. The molecule has 0 radical (unpaired) electrons. The number of aromatic nitrogens is 1. The molecule has 0 amide bonds. The summed E-state index contributed by atoms with van der Waals surface area (Å²) in [5, 5.41) is 9.97. The molecule has 0 spiro atoms. The number of pyridine rings is 1. The summed E-state index contributed by atoms with van der Waals surface area (Å²) in [6.07, 6.45) is -3.12. The van der Waals surface area contributed by atoms with E-state index in [0.717, 1.165) is 12.1 Å². The van der Waals surface area contributed by atoms with Gasteiger partial charge in [-0.15, -0.1) is 0 Å². The number of hydrogen-bond acceptors (Lipinski definition) is 3. The summed E-state index contributed by atoms with van der Waals surface area (Å²) in [6, 6.07) is 12.7. The van der Waals surface area contributed by atoms with Gasteiger partial charge in [0.05, 0.1) is 15.6 Å². The van der Waals surface area contributed by atoms with Crippen LogP contribution in [0.4, 0.5) is 13.2 Å². The van der Waals surface area contributed by atoms with E-state index in [9.17, 15) is 18.4 Å². The van der Waals surface area contributed by atoms with Gasteiger partial charge in [0.2, 0.25) is 5.88 Å². The second-order valence-electron chi connectivity index (χ2n) is 5.45. The number of nitrogens with zero attached hydrogens (tertiary/aromatic N) is 2. The van der Waals surface area contributed by atoms with Gasteiger partial charge in [-0.25, -0.2) is 4.98 Å². The number of nitriles is 1. The summed E-state index contributed by atoms with van der Waals surface area (Å²) in [4.78, 5) is 4.06. The van der Waals surface area contributed by atoms with Crippen molar-refractivity contribution < 1.29 is 17.9 Å². The molecule has 0 atom stereocenters. The van der Waals surface area contributed by atoms with Gasteiger partial charge in [-0.05, 0) is 35.9 Å². The summed E-state index contributed by atoms with van der Waals surface area (Å²) < 4.78 is 44.2. The van der Waals surface area contributed by atoms with E-state index in [0.29, 0.717) is 16.3 Å². The van der Waals surface area contributed by atoms with E-state index >= 15 is 0 Å². The maximum Gasteiger partial charge on any atom is 0.416 e. The molecule has 0 N–H and O–H groups in total. The lowest BCUT2D eigenvalue weighted by atomic mass is 10.0. The molecule has 0 unspecified atom stereocenters. The fourth-order valence-corrected chi connectivity index (χ4v) is 2.59. The van der Waals surface area contributed by atoms with Crippen LogP contribution in [0.15, 0.2) is 54.7 Å². The standard InChI is InChI=1S/C19H9Cl2F3N2O/c20-16-5-4-15(8-17(16)21)27-18-12(9-25)6-13(10-26-18)11-2-1-3-14(7-11)19(22,23)24/h1-8,10H. The zero-order valence-electron chi connectivity index (χ0n) is 13.4. The Morgan fingerprint density at radius 3 is 2.41 bits per heavy atom. The number of hydrogen-bond donors (Lipinski definition) is 0. The SMILES string of the molecule is N#Cc1cc(-c2cccc(C(F)(F)F)c2)cnc1Oc1ccc(Cl)c(Cl)c1. The maximum absolute atomic E-state index is 12.9. The first-order valence-corrected chi connectivity index (χ1v) is 8.24. The summed E-state index contributed by atoms with van der Waals surface area (Å²) in [7, 11) is 0. The Morgan fingerprint density at radius 1 is 0.963 bits per heavy atom. The van der Waals surface area contributed by atoms with Gasteiger partial charge in [0.25, 0.3) is 0 Å². The van der Waals surface area contributed by atoms with E-state index in [-0.39, 0.29) is 22.0 Å². The molecule has 0 saturated heterocycles. The van der Waals surface area contributed by atoms with E-state index in [1.165, 1.54) is 36.5 Å². The fourth-order valence-electron chi connectivity index (χ4n) is 2.30. The summed E-state index contributed by atoms with van der Waals surface area (Å²) in [5.74, 6) is 0.326. The van der Waals surface area contributed by atoms with Crippen molar-refractivity contribution in [2.45, 2.75) is 6.18 Å². The fraction of sp³-hybridized carbons (Fsp3) is 0.0526. The molecule has 3 aromatic rings. The van der Waals surface area contributed by atoms with Crippen LogP contribution in [0.2, 0.25) is 10.0 Å². The number of halogens is 5. The molecular formula is C19H9Cl2F3N2O. The molecule has 0 aliphatic carbocycles. The predicted molar refractivity (Wildman–Crippen MR) is 95.9 cm³/mol. The van der Waals surface area contributed by atoms with Crippen molar-refractivity contribution in [2.24, 2.45) is 0 Å². The van der Waals surface area contributed by atoms with Crippen molar-refractivity contribution >= 4 is 23.2 Å². The minimum atomic E-state index is -4.46. The smallest absolute Gasteiger partial charge is 0.416 e. The van der Waals surface area contributed by atoms with Crippen LogP contribution in [-0.2, 0) is 6.18 Å². The second-order valence-corrected chi connectivity index (χ2v) is 6.26. The molecule has 2 aromatic carbocycles. The largest absolute Gasteiger partial charge is 0.438 e. The van der Waals surface area contributed by atoms with Gasteiger partial charge in [-0.1, -0.05) is 35.3 Å². The van der Waals surface area contributed by atoms with Gasteiger partial charge >= 0.3 is 6.18 Å². The molecule has 0 aliphatic heterocycles. The van der Waals surface area contributed by atoms with Crippen LogP contribution in [0, 0.1) is 11.3 Å². The molecule has 1 heterocycles. The van der Waals surface area contributed by atoms with Gasteiger partial charge in [0, 0.05) is 17.8 Å². The van der Waals surface area contributed by atoms with E-state index in [1.807, 2.05) is 6.07 Å². The van der Waals surface area contributed by atoms with Crippen LogP contribution in [0.3, 0.4) is 0 Å². The quantitative estimate of drug-likeness (QED) is 0.481. The number of rotatable bonds is 3. The predicted octanol–water partition coefficient (Wildman–Crippen LogP) is 6.74. The van der Waals surface area contributed by atoms with Crippen molar-refractivity contribution in [3.8, 4) is 28.8 Å². The van der Waals surface area contributed by atoms with Gasteiger partial charge in [0.1, 0.15) is 17.4 Å². The minimum absolute atomic E-state index is 0.00613. The van der Waals surface area contributed by atoms with Crippen molar-refractivity contribution in [2.75, 3.05) is 0 Å². The molecular weight excluding hydrogens is 400 g/mol. The van der Waals surface area contributed by atoms with Crippen molar-refractivity contribution in [1.82, 2.24) is 4.98 Å². The topological polar surface area (TPSA) is 45.9 Å². The van der Waals surface area contributed by atoms with Crippen LogP contribution < -0.4 is 4.74 Å². The van der Waals surface area contributed by atoms with Crippen LogP contribution in [-0.4, -0.2) is 4.98 Å². The highest BCUT2D eigenvalue weighted by Crippen LogP contribution is 2.34. The van der Waals surface area contributed by atoms with Crippen LogP contribution >= 0.6 is 23.2 Å². The lowest BCUT2D eigenvalue weighted by Crippen LogP contribution is -2.04. The third-order valence-corrected chi connectivity index (χ3v) is 4.34. The molecule has 3 rings (SSSR count). The molecule has 27 heavy (non-hydrogen) atoms. The van der Waals surface area contributed by atoms with Crippen molar-refractivity contribution in [3.63, 3.8) is 0 Å². The zero-order chi connectivity index (χ0) is 19.6. The van der Waals surface area contributed by atoms with E-state index < -0.39 is 11.7 Å². The number of alkyl halides is 3. The highest BCUT2D eigenvalue weighted by molar-refractivity contribution is 6.42. The molecule has 0 bridgehead atoms. The molecule has 0 saturated carbocycles. The lowest BCUT2D eigenvalue weighted by molar-refractivity contribution is -0.137. The van der Waals surface area contributed by atoms with Gasteiger partial charge in [-0.3, -0.25) is 0 Å². The third-order valence-electron chi connectivity index (χ3n) is 3.60. The molecule has 8 heteroatoms. The van der Waals surface area contributed by atoms with Gasteiger partial charge < -0.3 is 4.74 Å². The van der Waals surface area contributed by atoms with E-state index in [4.69, 9.17) is 27.9 Å². The number of ether oxygens (including phenoxy) is 1. The Labute approximate surface area is 162 Å². The Balaban J connectivity index is 1.95. The van der Waals surface area contributed by atoms with Crippen LogP contribution in [0.25, 0.3) is 11.1 Å². The monoisotopic (exact) mass is 408 g/mol. The molecule has 0 aliphatic rings.